The Morgan fingerprint density at radius 2 is 2.03 bits per heavy atom. The molecule has 3 aliphatic rings. The zero-order chi connectivity index (χ0) is 26.2. The number of halogens is 3. The summed E-state index contributed by atoms with van der Waals surface area (Å²) in [5.41, 5.74) is 6.10. The predicted octanol–water partition coefficient (Wildman–Crippen LogP) is 3.42. The summed E-state index contributed by atoms with van der Waals surface area (Å²) in [7, 11) is 1.53. The van der Waals surface area contributed by atoms with Gasteiger partial charge in [0.2, 0.25) is 5.91 Å². The third-order valence-electron chi connectivity index (χ3n) is 6.44. The van der Waals surface area contributed by atoms with E-state index in [1.54, 1.807) is 34.2 Å². The van der Waals surface area contributed by atoms with E-state index in [9.17, 15) is 18.0 Å². The fourth-order valence-corrected chi connectivity index (χ4v) is 4.50. The zero-order valence-electron chi connectivity index (χ0n) is 20.0. The molecule has 0 spiro atoms. The average molecular weight is 515 g/mol. The lowest BCUT2D eigenvalue weighted by Gasteiger charge is -2.26. The Morgan fingerprint density at radius 3 is 2.76 bits per heavy atom. The molecule has 9 nitrogen and oxygen atoms in total. The maximum atomic E-state index is 13.4. The summed E-state index contributed by atoms with van der Waals surface area (Å²) in [5, 5.41) is 6.26. The normalized spacial score (nSPS) is 19.1. The fourth-order valence-electron chi connectivity index (χ4n) is 4.50. The topological polar surface area (TPSA) is 106 Å². The summed E-state index contributed by atoms with van der Waals surface area (Å²) in [6.07, 6.45) is 1.71. The Morgan fingerprint density at radius 1 is 1.19 bits per heavy atom. The van der Waals surface area contributed by atoms with E-state index >= 15 is 0 Å². The Balaban J connectivity index is 1.34. The molecule has 3 aliphatic heterocycles. The van der Waals surface area contributed by atoms with Gasteiger partial charge >= 0.3 is 6.18 Å². The number of carbonyl (C=O) groups is 1. The molecule has 5 rings (SSSR count). The number of methoxy groups -OCH3 is 1. The number of hydrogen-bond acceptors (Lipinski definition) is 8. The molecule has 12 heteroatoms. The molecule has 1 fully saturated rings. The van der Waals surface area contributed by atoms with Crippen LogP contribution in [0.3, 0.4) is 0 Å². The van der Waals surface area contributed by atoms with Crippen LogP contribution in [0, 0.1) is 0 Å². The number of allylic oxidation sites excluding steroid dienone is 1. The van der Waals surface area contributed by atoms with Gasteiger partial charge in [-0.1, -0.05) is 0 Å². The molecule has 0 saturated carbocycles. The first-order valence-electron chi connectivity index (χ1n) is 11.8. The largest absolute Gasteiger partial charge is 0.493 e. The summed E-state index contributed by atoms with van der Waals surface area (Å²) in [6, 6.07) is 5.81. The van der Waals surface area contributed by atoms with Gasteiger partial charge in [-0.3, -0.25) is 9.79 Å². The van der Waals surface area contributed by atoms with Gasteiger partial charge in [-0.25, -0.2) is 9.99 Å². The highest BCUT2D eigenvalue weighted by Gasteiger charge is 2.37. The number of aliphatic imine (C=N–C) groups is 1. The van der Waals surface area contributed by atoms with Crippen LogP contribution < -0.4 is 15.2 Å². The standard InChI is InChI=1S/C25H25F3N6O3/c1-36-21-12-15(4-6-20(21)37-10-9-33-8-2-3-23(33)35)18-5-7-22-30-14-19(34(22)32-18)16-11-17(25(26,27)28)24(29)31-13-16/h4-7,11-13,19H,2-3,8-10,14H2,1H3,(H2,29,31). The van der Waals surface area contributed by atoms with Crippen molar-refractivity contribution in [3.05, 3.63) is 59.3 Å². The van der Waals surface area contributed by atoms with Crippen molar-refractivity contribution >= 4 is 23.3 Å². The molecule has 2 N–H and O–H groups in total. The number of nitrogens with zero attached hydrogens (tertiary/aromatic N) is 5. The number of hydrazone groups is 1. The number of benzene rings is 1. The summed E-state index contributed by atoms with van der Waals surface area (Å²) in [4.78, 5) is 21.7. The number of amides is 1. The minimum absolute atomic E-state index is 0.139. The molecule has 194 valence electrons. The van der Waals surface area contributed by atoms with Crippen LogP contribution in [0.25, 0.3) is 0 Å². The maximum absolute atomic E-state index is 13.4. The highest BCUT2D eigenvalue weighted by molar-refractivity contribution is 6.14. The van der Waals surface area contributed by atoms with Crippen LogP contribution in [0.1, 0.15) is 35.6 Å². The Hall–Kier alpha value is -4.09. The molecule has 37 heavy (non-hydrogen) atoms. The number of pyridine rings is 1. The second kappa shape index (κ2) is 9.75. The second-order valence-corrected chi connectivity index (χ2v) is 8.78. The second-order valence-electron chi connectivity index (χ2n) is 8.78. The van der Waals surface area contributed by atoms with Crippen molar-refractivity contribution in [3.63, 3.8) is 0 Å². The number of ether oxygens (including phenoxy) is 2. The lowest BCUT2D eigenvalue weighted by atomic mass is 10.1. The summed E-state index contributed by atoms with van der Waals surface area (Å²) in [6.45, 7) is 1.83. The van der Waals surface area contributed by atoms with E-state index < -0.39 is 23.6 Å². The molecule has 1 aromatic carbocycles. The van der Waals surface area contributed by atoms with Gasteiger partial charge in [-0.05, 0) is 48.4 Å². The van der Waals surface area contributed by atoms with Crippen molar-refractivity contribution in [3.8, 4) is 11.5 Å². The zero-order valence-corrected chi connectivity index (χ0v) is 20.0. The van der Waals surface area contributed by atoms with Crippen molar-refractivity contribution in [1.82, 2.24) is 14.9 Å². The van der Waals surface area contributed by atoms with E-state index in [1.165, 1.54) is 13.3 Å². The van der Waals surface area contributed by atoms with Crippen molar-refractivity contribution in [1.29, 1.82) is 0 Å². The first-order valence-corrected chi connectivity index (χ1v) is 11.8. The highest BCUT2D eigenvalue weighted by Crippen LogP contribution is 2.37. The molecule has 0 radical (unpaired) electrons. The molecule has 1 saturated heterocycles. The molecule has 1 atom stereocenters. The Bertz CT molecular complexity index is 1310. The van der Waals surface area contributed by atoms with Gasteiger partial charge in [0.25, 0.3) is 0 Å². The quantitative estimate of drug-likeness (QED) is 0.607. The first kappa shape index (κ1) is 24.6. The number of hydrogen-bond donors (Lipinski definition) is 1. The summed E-state index contributed by atoms with van der Waals surface area (Å²) in [5.74, 6) is 1.14. The van der Waals surface area contributed by atoms with Gasteiger partial charge in [0.15, 0.2) is 11.5 Å². The molecule has 1 amide bonds. The third-order valence-corrected chi connectivity index (χ3v) is 6.44. The molecule has 1 aromatic heterocycles. The number of anilines is 1. The average Bonchev–Trinajstić information content (AvgIpc) is 3.49. The van der Waals surface area contributed by atoms with Crippen molar-refractivity contribution in [2.45, 2.75) is 25.1 Å². The molecule has 1 unspecified atom stereocenters. The van der Waals surface area contributed by atoms with Crippen LogP contribution in [0.5, 0.6) is 11.5 Å². The summed E-state index contributed by atoms with van der Waals surface area (Å²) < 4.78 is 51.5. The molecule has 2 aromatic rings. The molecular weight excluding hydrogens is 489 g/mol. The van der Waals surface area contributed by atoms with Gasteiger partial charge in [-0.2, -0.15) is 18.3 Å². The minimum Gasteiger partial charge on any atom is -0.493 e. The number of fused-ring (bicyclic) bond motifs is 1. The monoisotopic (exact) mass is 514 g/mol. The number of rotatable bonds is 7. The number of alkyl halides is 3. The van der Waals surface area contributed by atoms with E-state index in [2.05, 4.69) is 15.1 Å². The van der Waals surface area contributed by atoms with Gasteiger partial charge in [0.1, 0.15) is 24.3 Å². The highest BCUT2D eigenvalue weighted by atomic mass is 19.4. The SMILES string of the molecule is COc1cc(C2=NN3C(=NCC3c3cnc(N)c(C(F)(F)F)c3)C=C2)ccc1OCCN1CCCC1=O. The predicted molar refractivity (Wildman–Crippen MR) is 131 cm³/mol. The van der Waals surface area contributed by atoms with Gasteiger partial charge in [0.05, 0.1) is 31.5 Å². The Labute approximate surface area is 211 Å². The van der Waals surface area contributed by atoms with Crippen molar-refractivity contribution < 1.29 is 27.4 Å². The van der Waals surface area contributed by atoms with Crippen LogP contribution in [0.15, 0.2) is 52.7 Å². The lowest BCUT2D eigenvalue weighted by molar-refractivity contribution is -0.137. The third kappa shape index (κ3) is 4.95. The van der Waals surface area contributed by atoms with E-state index in [4.69, 9.17) is 15.2 Å². The van der Waals surface area contributed by atoms with Crippen LogP contribution in [-0.2, 0) is 11.0 Å². The van der Waals surface area contributed by atoms with Crippen LogP contribution >= 0.6 is 0 Å². The van der Waals surface area contributed by atoms with Crippen molar-refractivity contribution in [2.24, 2.45) is 10.1 Å². The molecule has 0 bridgehead atoms. The van der Waals surface area contributed by atoms with Crippen LogP contribution in [0.4, 0.5) is 19.0 Å². The van der Waals surface area contributed by atoms with E-state index in [1.807, 2.05) is 6.07 Å². The lowest BCUT2D eigenvalue weighted by Crippen LogP contribution is -2.29. The number of carbonyl (C=O) groups excluding carboxylic acids is 1. The fraction of sp³-hybridized carbons (Fsp3) is 0.360. The van der Waals surface area contributed by atoms with Crippen LogP contribution in [0.2, 0.25) is 0 Å². The van der Waals surface area contributed by atoms with E-state index in [0.717, 1.165) is 24.6 Å². The number of nitrogen functional groups attached to an aromatic ring is 1. The van der Waals surface area contributed by atoms with E-state index in [0.29, 0.717) is 48.2 Å². The summed E-state index contributed by atoms with van der Waals surface area (Å²) >= 11 is 0. The molecule has 0 aliphatic carbocycles. The van der Waals surface area contributed by atoms with Gasteiger partial charge in [-0.15, -0.1) is 0 Å². The van der Waals surface area contributed by atoms with Gasteiger partial charge < -0.3 is 20.1 Å². The maximum Gasteiger partial charge on any atom is 0.419 e. The van der Waals surface area contributed by atoms with Crippen molar-refractivity contribution in [2.75, 3.05) is 39.1 Å². The Kier molecular flexibility index (Phi) is 6.48. The smallest absolute Gasteiger partial charge is 0.419 e. The number of nitrogens with two attached hydrogens (primary N) is 1. The van der Waals surface area contributed by atoms with E-state index in [-0.39, 0.29) is 12.5 Å². The van der Waals surface area contributed by atoms with Gasteiger partial charge in [0, 0.05) is 24.7 Å². The van der Waals surface area contributed by atoms with Crippen LogP contribution in [-0.4, -0.2) is 65.7 Å². The minimum atomic E-state index is -4.62. The molecular formula is C25H25F3N6O3. The number of amidine groups is 1. The molecule has 4 heterocycles. The number of aromatic nitrogens is 1. The number of likely N-dealkylation sites (tertiary alicyclic amines) is 1. The first-order chi connectivity index (χ1) is 17.7.